The number of amides is 1. The van der Waals surface area contributed by atoms with Gasteiger partial charge in [-0.25, -0.2) is 24.1 Å². The van der Waals surface area contributed by atoms with Gasteiger partial charge in [-0.3, -0.25) is 4.72 Å². The number of benzene rings is 2. The number of carbonyl (C=O) groups excluding carboxylic acids is 1. The van der Waals surface area contributed by atoms with Gasteiger partial charge in [0.25, 0.3) is 0 Å². The number of hydrogen-bond acceptors (Lipinski definition) is 9. The molecule has 0 saturated carbocycles. The number of aromatic nitrogens is 3. The van der Waals surface area contributed by atoms with E-state index in [0.717, 1.165) is 12.0 Å². The fourth-order valence-electron chi connectivity index (χ4n) is 4.03. The van der Waals surface area contributed by atoms with Crippen LogP contribution >= 0.6 is 11.3 Å². The summed E-state index contributed by atoms with van der Waals surface area (Å²) in [6.45, 7) is 2.92. The highest BCUT2D eigenvalue weighted by molar-refractivity contribution is 7.90. The third kappa shape index (κ3) is 6.45. The molecule has 1 fully saturated rings. The van der Waals surface area contributed by atoms with E-state index < -0.39 is 22.1 Å². The van der Waals surface area contributed by atoms with Gasteiger partial charge in [-0.05, 0) is 31.5 Å². The van der Waals surface area contributed by atoms with E-state index in [9.17, 15) is 13.2 Å². The van der Waals surface area contributed by atoms with Crippen molar-refractivity contribution < 1.29 is 22.3 Å². The first-order valence-electron chi connectivity index (χ1n) is 12.8. The molecule has 14 heteroatoms. The SMILES string of the molecule is COC(=O)N[C@@H](C)CNc1nccc(-c2sc(-c3ccccc3)nc2-c2cccc(NS(=O)(=O)N3CCC3)c2F)n1. The molecule has 4 aromatic rings. The van der Waals surface area contributed by atoms with Crippen LogP contribution in [0.1, 0.15) is 13.3 Å². The van der Waals surface area contributed by atoms with Gasteiger partial charge in [0.2, 0.25) is 5.95 Å². The summed E-state index contributed by atoms with van der Waals surface area (Å²) in [4.78, 5) is 25.7. The molecule has 1 atom stereocenters. The van der Waals surface area contributed by atoms with E-state index >= 15 is 4.39 Å². The maximum atomic E-state index is 15.9. The van der Waals surface area contributed by atoms with Crippen LogP contribution in [0.4, 0.5) is 20.8 Å². The van der Waals surface area contributed by atoms with Crippen molar-refractivity contribution >= 4 is 39.3 Å². The summed E-state index contributed by atoms with van der Waals surface area (Å²) in [5.41, 5.74) is 1.63. The lowest BCUT2D eigenvalue weighted by atomic mass is 10.1. The Bertz CT molecular complexity index is 1650. The lowest BCUT2D eigenvalue weighted by Gasteiger charge is -2.29. The largest absolute Gasteiger partial charge is 0.453 e. The van der Waals surface area contributed by atoms with Crippen molar-refractivity contribution in [3.8, 4) is 32.4 Å². The molecule has 0 aliphatic carbocycles. The van der Waals surface area contributed by atoms with Gasteiger partial charge in [0.1, 0.15) is 5.01 Å². The number of halogens is 1. The zero-order valence-corrected chi connectivity index (χ0v) is 23.9. The Balaban J connectivity index is 1.51. The van der Waals surface area contributed by atoms with Gasteiger partial charge < -0.3 is 15.4 Å². The van der Waals surface area contributed by atoms with E-state index in [1.807, 2.05) is 30.3 Å². The van der Waals surface area contributed by atoms with E-state index in [2.05, 4.69) is 30.1 Å². The Morgan fingerprint density at radius 1 is 1.12 bits per heavy atom. The van der Waals surface area contributed by atoms with Crippen LogP contribution in [0, 0.1) is 5.82 Å². The predicted molar refractivity (Wildman–Crippen MR) is 156 cm³/mol. The summed E-state index contributed by atoms with van der Waals surface area (Å²) in [5.74, 6) is -0.434. The molecule has 3 heterocycles. The molecule has 41 heavy (non-hydrogen) atoms. The van der Waals surface area contributed by atoms with E-state index in [4.69, 9.17) is 4.98 Å². The average molecular weight is 598 g/mol. The number of hydrogen-bond donors (Lipinski definition) is 3. The molecule has 214 valence electrons. The summed E-state index contributed by atoms with van der Waals surface area (Å²) in [6.07, 6.45) is 1.79. The van der Waals surface area contributed by atoms with Crippen LogP contribution in [0.3, 0.4) is 0 Å². The highest BCUT2D eigenvalue weighted by atomic mass is 32.2. The van der Waals surface area contributed by atoms with Crippen molar-refractivity contribution in [1.29, 1.82) is 0 Å². The maximum Gasteiger partial charge on any atom is 0.407 e. The fraction of sp³-hybridized carbons (Fsp3) is 0.259. The van der Waals surface area contributed by atoms with Crippen molar-refractivity contribution in [1.82, 2.24) is 24.6 Å². The van der Waals surface area contributed by atoms with Gasteiger partial charge in [0.15, 0.2) is 5.82 Å². The van der Waals surface area contributed by atoms with Crippen LogP contribution in [0.25, 0.3) is 32.4 Å². The van der Waals surface area contributed by atoms with E-state index in [-0.39, 0.29) is 17.3 Å². The molecule has 5 rings (SSSR count). The van der Waals surface area contributed by atoms with Gasteiger partial charge in [0, 0.05) is 43.0 Å². The predicted octanol–water partition coefficient (Wildman–Crippen LogP) is 4.59. The van der Waals surface area contributed by atoms with Crippen molar-refractivity contribution in [2.45, 2.75) is 19.4 Å². The molecule has 3 N–H and O–H groups in total. The second-order valence-corrected chi connectivity index (χ2v) is 11.9. The van der Waals surface area contributed by atoms with Crippen LogP contribution < -0.4 is 15.4 Å². The number of anilines is 2. The summed E-state index contributed by atoms with van der Waals surface area (Å²) in [5, 5.41) is 6.39. The van der Waals surface area contributed by atoms with Gasteiger partial charge >= 0.3 is 16.3 Å². The minimum absolute atomic E-state index is 0.131. The van der Waals surface area contributed by atoms with Crippen molar-refractivity contribution in [3.05, 3.63) is 66.6 Å². The first-order chi connectivity index (χ1) is 19.7. The quantitative estimate of drug-likeness (QED) is 0.241. The molecule has 2 aromatic heterocycles. The molecule has 2 aromatic carbocycles. The van der Waals surface area contributed by atoms with Gasteiger partial charge in [-0.2, -0.15) is 12.7 Å². The molecule has 0 unspecified atom stereocenters. The molecular weight excluding hydrogens is 569 g/mol. The molecule has 1 saturated heterocycles. The molecule has 1 aliphatic rings. The Morgan fingerprint density at radius 2 is 1.90 bits per heavy atom. The number of thiazole rings is 1. The molecule has 0 radical (unpaired) electrons. The Morgan fingerprint density at radius 3 is 2.61 bits per heavy atom. The smallest absolute Gasteiger partial charge is 0.407 e. The summed E-state index contributed by atoms with van der Waals surface area (Å²) in [7, 11) is -2.57. The number of nitrogens with zero attached hydrogens (tertiary/aromatic N) is 4. The van der Waals surface area contributed by atoms with Crippen LogP contribution in [-0.4, -0.2) is 66.6 Å². The number of alkyl carbamates (subject to hydrolysis) is 1. The van der Waals surface area contributed by atoms with Crippen molar-refractivity contribution in [3.63, 3.8) is 0 Å². The number of nitrogens with one attached hydrogen (secondary N) is 3. The fourth-order valence-corrected chi connectivity index (χ4v) is 6.39. The van der Waals surface area contributed by atoms with Crippen molar-refractivity contribution in [2.75, 3.05) is 36.8 Å². The monoisotopic (exact) mass is 597 g/mol. The summed E-state index contributed by atoms with van der Waals surface area (Å²) in [6, 6.07) is 15.4. The van der Waals surface area contributed by atoms with E-state index in [1.165, 1.54) is 28.8 Å². The standard InChI is InChI=1S/C27H28FN7O4S2/c1-17(31-27(36)39-2)16-30-26-29-13-12-21(32-26)24-23(33-25(40-24)18-8-4-3-5-9-18)19-10-6-11-20(22(19)28)34-41(37,38)35-14-7-15-35/h3-6,8-13,17,34H,7,14-16H2,1-2H3,(H,31,36)(H,29,30,32)/t17-/m0/s1. The third-order valence-corrected chi connectivity index (χ3v) is 8.95. The number of rotatable bonds is 10. The van der Waals surface area contributed by atoms with E-state index in [0.29, 0.717) is 46.9 Å². The zero-order valence-electron chi connectivity index (χ0n) is 22.3. The van der Waals surface area contributed by atoms with Crippen LogP contribution in [0.15, 0.2) is 60.8 Å². The van der Waals surface area contributed by atoms with Gasteiger partial charge in [-0.15, -0.1) is 11.3 Å². The lowest BCUT2D eigenvalue weighted by Crippen LogP contribution is -2.45. The summed E-state index contributed by atoms with van der Waals surface area (Å²) >= 11 is 1.33. The highest BCUT2D eigenvalue weighted by Gasteiger charge is 2.29. The normalized spacial score (nSPS) is 14.1. The Kier molecular flexibility index (Phi) is 8.42. The first kappa shape index (κ1) is 28.4. The zero-order chi connectivity index (χ0) is 29.0. The van der Waals surface area contributed by atoms with Crippen LogP contribution in [-0.2, 0) is 14.9 Å². The third-order valence-electron chi connectivity index (χ3n) is 6.30. The lowest BCUT2D eigenvalue weighted by molar-refractivity contribution is 0.168. The van der Waals surface area contributed by atoms with Crippen molar-refractivity contribution in [2.24, 2.45) is 0 Å². The van der Waals surface area contributed by atoms with Gasteiger partial charge in [-0.1, -0.05) is 36.4 Å². The number of ether oxygens (including phenoxy) is 1. The summed E-state index contributed by atoms with van der Waals surface area (Å²) < 4.78 is 49.5. The van der Waals surface area contributed by atoms with E-state index in [1.54, 1.807) is 31.3 Å². The minimum Gasteiger partial charge on any atom is -0.453 e. The molecule has 1 amide bonds. The molecular formula is C27H28FN7O4S2. The second-order valence-electron chi connectivity index (χ2n) is 9.27. The number of carbonyl (C=O) groups is 1. The average Bonchev–Trinajstić information content (AvgIpc) is 3.38. The maximum absolute atomic E-state index is 15.9. The molecule has 0 spiro atoms. The van der Waals surface area contributed by atoms with Gasteiger partial charge in [0.05, 0.1) is 29.1 Å². The molecule has 11 nitrogen and oxygen atoms in total. The minimum atomic E-state index is -3.86. The van der Waals surface area contributed by atoms with Crippen LogP contribution in [0.5, 0.6) is 0 Å². The molecule has 1 aliphatic heterocycles. The first-order valence-corrected chi connectivity index (χ1v) is 15.1. The van der Waals surface area contributed by atoms with Crippen LogP contribution in [0.2, 0.25) is 0 Å². The Hall–Kier alpha value is -4.14. The molecule has 0 bridgehead atoms. The number of methoxy groups -OCH3 is 1. The highest BCUT2D eigenvalue weighted by Crippen LogP contribution is 2.42. The topological polar surface area (TPSA) is 138 Å². The Labute approximate surface area is 241 Å². The second kappa shape index (κ2) is 12.2.